The highest BCUT2D eigenvalue weighted by Crippen LogP contribution is 2.38. The van der Waals surface area contributed by atoms with Crippen LogP contribution in [0.1, 0.15) is 0 Å². The molecule has 0 bridgehead atoms. The number of hydrogen-bond acceptors (Lipinski definition) is 2. The van der Waals surface area contributed by atoms with Crippen molar-refractivity contribution >= 4 is 18.6 Å². The molecule has 0 N–H and O–H groups in total. The molecule has 0 amide bonds. The molecule has 0 aliphatic carbocycles. The Labute approximate surface area is 300 Å². The Morgan fingerprint density at radius 2 is 0.765 bits per heavy atom. The lowest BCUT2D eigenvalue weighted by Crippen LogP contribution is -2.50. The normalized spacial score (nSPS) is 12.7. The van der Waals surface area contributed by atoms with E-state index in [0.29, 0.717) is 0 Å². The van der Waals surface area contributed by atoms with Gasteiger partial charge in [-0.25, -0.2) is 9.97 Å². The summed E-state index contributed by atoms with van der Waals surface area (Å²) in [5, 5.41) is 2.64. The number of nitrogens with zero attached hydrogens (tertiary/aromatic N) is 2. The Bertz CT molecular complexity index is 2520. The minimum Gasteiger partial charge on any atom is -0.237 e. The maximum absolute atomic E-state index is 5.39. The lowest BCUT2D eigenvalue weighted by Gasteiger charge is -2.19. The fourth-order valence-electron chi connectivity index (χ4n) is 7.53. The van der Waals surface area contributed by atoms with Gasteiger partial charge in [-0.2, -0.15) is 0 Å². The zero-order chi connectivity index (χ0) is 34.4. The average Bonchev–Trinajstić information content (AvgIpc) is 3.44. The summed E-state index contributed by atoms with van der Waals surface area (Å²) in [6, 6.07) is 65.2. The molecule has 2 nitrogen and oxygen atoms in total. The molecule has 0 spiro atoms. The minimum atomic E-state index is -2.07. The molecule has 0 radical (unpaired) electrons. The van der Waals surface area contributed by atoms with Gasteiger partial charge < -0.3 is 0 Å². The summed E-state index contributed by atoms with van der Waals surface area (Å²) >= 11 is 0. The van der Waals surface area contributed by atoms with Crippen molar-refractivity contribution in [2.75, 3.05) is 0 Å². The largest absolute Gasteiger partial charge is 0.237 e. The topological polar surface area (TPSA) is 25.8 Å². The van der Waals surface area contributed by atoms with Crippen molar-refractivity contribution in [3.8, 4) is 78.3 Å². The molecule has 0 unspecified atom stereocenters. The van der Waals surface area contributed by atoms with Gasteiger partial charge in [-0.15, -0.1) is 0 Å². The standard InChI is InChI=1S/C48H36N2Si/c1-51(2)44-22-10-9-21-43(44)45-46(37-27-23-35(24-28-37)41-19-11-17-39(31-41)33-13-5-3-6-14-33)49-47(50-48(45)51)38-29-25-36(26-30-38)42-20-12-18-40(32-42)34-15-7-4-8-16-34/h3-32H,1-2H3. The SMILES string of the molecule is C[Si]1(C)c2ccccc2-c2c(-c3ccc(-c4cccc(-c5ccccc5)c4)cc3)nc(-c3ccc(-c4cccc(-c5ccccc5)c4)cc3)nc21. The van der Waals surface area contributed by atoms with Crippen molar-refractivity contribution in [2.24, 2.45) is 0 Å². The molecule has 2 heterocycles. The van der Waals surface area contributed by atoms with Crippen LogP contribution in [0, 0.1) is 0 Å². The van der Waals surface area contributed by atoms with Crippen molar-refractivity contribution in [2.45, 2.75) is 13.1 Å². The van der Waals surface area contributed by atoms with E-state index in [1.54, 1.807) is 0 Å². The number of rotatable bonds is 6. The summed E-state index contributed by atoms with van der Waals surface area (Å²) < 4.78 is 0. The molecule has 51 heavy (non-hydrogen) atoms. The second-order valence-corrected chi connectivity index (χ2v) is 18.1. The van der Waals surface area contributed by atoms with E-state index < -0.39 is 8.07 Å². The number of aromatic nitrogens is 2. The third kappa shape index (κ3) is 5.62. The molecular formula is C48H36N2Si. The number of hydrogen-bond donors (Lipinski definition) is 0. The van der Waals surface area contributed by atoms with Gasteiger partial charge in [0.05, 0.1) is 5.69 Å². The molecule has 0 saturated heterocycles. The van der Waals surface area contributed by atoms with Crippen LogP contribution in [-0.2, 0) is 0 Å². The lowest BCUT2D eigenvalue weighted by molar-refractivity contribution is 1.21. The average molecular weight is 669 g/mol. The highest BCUT2D eigenvalue weighted by Gasteiger charge is 2.41. The highest BCUT2D eigenvalue weighted by atomic mass is 28.3. The molecule has 0 fully saturated rings. The van der Waals surface area contributed by atoms with Crippen molar-refractivity contribution in [1.29, 1.82) is 0 Å². The minimum absolute atomic E-state index is 0.779. The fourth-order valence-corrected chi connectivity index (χ4v) is 10.4. The molecule has 3 heteroatoms. The maximum Gasteiger partial charge on any atom is 0.159 e. The van der Waals surface area contributed by atoms with E-state index in [1.807, 2.05) is 0 Å². The van der Waals surface area contributed by atoms with Crippen molar-refractivity contribution in [1.82, 2.24) is 9.97 Å². The summed E-state index contributed by atoms with van der Waals surface area (Å²) in [5.41, 5.74) is 15.2. The molecule has 1 aromatic heterocycles. The quantitative estimate of drug-likeness (QED) is 0.165. The third-order valence-corrected chi connectivity index (χ3v) is 13.6. The van der Waals surface area contributed by atoms with E-state index in [1.165, 1.54) is 66.1 Å². The smallest absolute Gasteiger partial charge is 0.159 e. The second-order valence-electron chi connectivity index (χ2n) is 13.8. The van der Waals surface area contributed by atoms with E-state index in [4.69, 9.17) is 9.97 Å². The molecule has 242 valence electrons. The van der Waals surface area contributed by atoms with Gasteiger partial charge in [-0.3, -0.25) is 0 Å². The maximum atomic E-state index is 5.39. The van der Waals surface area contributed by atoms with Crippen LogP contribution in [0.2, 0.25) is 13.1 Å². The first-order chi connectivity index (χ1) is 25.0. The molecule has 8 aromatic rings. The van der Waals surface area contributed by atoms with Crippen molar-refractivity contribution in [3.63, 3.8) is 0 Å². The van der Waals surface area contributed by atoms with E-state index in [9.17, 15) is 0 Å². The lowest BCUT2D eigenvalue weighted by atomic mass is 9.96. The Hall–Kier alpha value is -6.16. The second kappa shape index (κ2) is 12.6. The van der Waals surface area contributed by atoms with Crippen LogP contribution in [0.3, 0.4) is 0 Å². The van der Waals surface area contributed by atoms with Crippen LogP contribution >= 0.6 is 0 Å². The first kappa shape index (κ1) is 30.9. The third-order valence-electron chi connectivity index (χ3n) is 10.3. The summed E-state index contributed by atoms with van der Waals surface area (Å²) in [4.78, 5) is 10.8. The summed E-state index contributed by atoms with van der Waals surface area (Å²) in [6.07, 6.45) is 0. The number of fused-ring (bicyclic) bond motifs is 3. The van der Waals surface area contributed by atoms with Gasteiger partial charge in [0.25, 0.3) is 0 Å². The van der Waals surface area contributed by atoms with Crippen molar-refractivity contribution < 1.29 is 0 Å². The summed E-state index contributed by atoms with van der Waals surface area (Å²) in [7, 11) is -2.07. The van der Waals surface area contributed by atoms with Crippen LogP contribution in [0.15, 0.2) is 182 Å². The van der Waals surface area contributed by atoms with E-state index >= 15 is 0 Å². The van der Waals surface area contributed by atoms with Gasteiger partial charge in [0.15, 0.2) is 5.82 Å². The summed E-state index contributed by atoms with van der Waals surface area (Å²) in [5.74, 6) is 0.779. The predicted molar refractivity (Wildman–Crippen MR) is 217 cm³/mol. The van der Waals surface area contributed by atoms with Crippen LogP contribution < -0.4 is 10.5 Å². The molecular weight excluding hydrogens is 633 g/mol. The summed E-state index contributed by atoms with van der Waals surface area (Å²) in [6.45, 7) is 4.84. The van der Waals surface area contributed by atoms with Crippen molar-refractivity contribution in [3.05, 3.63) is 182 Å². The van der Waals surface area contributed by atoms with Crippen LogP contribution in [0.25, 0.3) is 78.3 Å². The van der Waals surface area contributed by atoms with Gasteiger partial charge in [0.2, 0.25) is 0 Å². The Morgan fingerprint density at radius 3 is 1.29 bits per heavy atom. The van der Waals surface area contributed by atoms with Crippen LogP contribution in [-0.4, -0.2) is 18.0 Å². The molecule has 0 saturated carbocycles. The molecule has 1 aliphatic heterocycles. The fraction of sp³-hybridized carbons (Fsp3) is 0.0417. The zero-order valence-corrected chi connectivity index (χ0v) is 29.7. The monoisotopic (exact) mass is 668 g/mol. The predicted octanol–water partition coefficient (Wildman–Crippen LogP) is 11.3. The zero-order valence-electron chi connectivity index (χ0n) is 28.7. The van der Waals surface area contributed by atoms with Gasteiger partial charge in [0.1, 0.15) is 8.07 Å². The molecule has 7 aromatic carbocycles. The first-order valence-electron chi connectivity index (χ1n) is 17.6. The van der Waals surface area contributed by atoms with E-state index in [2.05, 4.69) is 195 Å². The Balaban J connectivity index is 1.11. The van der Waals surface area contributed by atoms with Gasteiger partial charge in [0, 0.05) is 22.0 Å². The van der Waals surface area contributed by atoms with Gasteiger partial charge in [-0.05, 0) is 67.4 Å². The van der Waals surface area contributed by atoms with Gasteiger partial charge in [-0.1, -0.05) is 183 Å². The Kier molecular flexibility index (Phi) is 7.64. The van der Waals surface area contributed by atoms with E-state index in [-0.39, 0.29) is 0 Å². The molecule has 1 aliphatic rings. The number of benzene rings is 7. The van der Waals surface area contributed by atoms with Crippen LogP contribution in [0.4, 0.5) is 0 Å². The van der Waals surface area contributed by atoms with Gasteiger partial charge >= 0.3 is 0 Å². The molecule has 9 rings (SSSR count). The van der Waals surface area contributed by atoms with E-state index in [0.717, 1.165) is 22.6 Å². The highest BCUT2D eigenvalue weighted by molar-refractivity contribution is 7.03. The Morgan fingerprint density at radius 1 is 0.353 bits per heavy atom. The van der Waals surface area contributed by atoms with Crippen LogP contribution in [0.5, 0.6) is 0 Å². The molecule has 0 atom stereocenters. The first-order valence-corrected chi connectivity index (χ1v) is 20.6.